The summed E-state index contributed by atoms with van der Waals surface area (Å²) < 4.78 is 0. The van der Waals surface area contributed by atoms with Gasteiger partial charge >= 0.3 is 5.97 Å². The second-order valence-electron chi connectivity index (χ2n) is 4.94. The highest BCUT2D eigenvalue weighted by Crippen LogP contribution is 2.14. The van der Waals surface area contributed by atoms with Crippen LogP contribution in [0.3, 0.4) is 0 Å². The Bertz CT molecular complexity index is 678. The molecule has 1 aromatic carbocycles. The summed E-state index contributed by atoms with van der Waals surface area (Å²) in [5.41, 5.74) is 3.13. The summed E-state index contributed by atoms with van der Waals surface area (Å²) in [5, 5.41) is 11.8. The van der Waals surface area contributed by atoms with Crippen molar-refractivity contribution in [1.29, 1.82) is 0 Å². The molecule has 4 nitrogen and oxygen atoms in total. The first-order chi connectivity index (χ1) is 10.9. The molecule has 0 heterocycles. The van der Waals surface area contributed by atoms with Gasteiger partial charge in [-0.25, -0.2) is 9.79 Å². The van der Waals surface area contributed by atoms with Crippen molar-refractivity contribution in [2.24, 2.45) is 4.99 Å². The zero-order valence-electron chi connectivity index (χ0n) is 13.7. The van der Waals surface area contributed by atoms with Gasteiger partial charge in [-0.1, -0.05) is 36.9 Å². The third-order valence-electron chi connectivity index (χ3n) is 3.00. The first-order valence-electron chi connectivity index (χ1n) is 7.24. The fourth-order valence-electron chi connectivity index (χ4n) is 1.77. The van der Waals surface area contributed by atoms with Gasteiger partial charge in [0.25, 0.3) is 0 Å². The Morgan fingerprint density at radius 2 is 1.83 bits per heavy atom. The number of aromatic carboxylic acids is 1. The highest BCUT2D eigenvalue weighted by atomic mass is 16.4. The van der Waals surface area contributed by atoms with E-state index in [0.29, 0.717) is 5.82 Å². The number of nitrogens with one attached hydrogen (secondary N) is 1. The van der Waals surface area contributed by atoms with E-state index in [2.05, 4.69) is 16.9 Å². The maximum Gasteiger partial charge on any atom is 0.335 e. The molecule has 0 aliphatic heterocycles. The molecule has 23 heavy (non-hydrogen) atoms. The lowest BCUT2D eigenvalue weighted by molar-refractivity contribution is 0.0697. The molecule has 0 fully saturated rings. The molecule has 0 unspecified atom stereocenters. The maximum atomic E-state index is 10.8. The van der Waals surface area contributed by atoms with Crippen LogP contribution in [0.25, 0.3) is 5.57 Å². The smallest absolute Gasteiger partial charge is 0.335 e. The number of aliphatic imine (C=N–C) groups is 1. The van der Waals surface area contributed by atoms with Gasteiger partial charge in [0, 0.05) is 5.71 Å². The van der Waals surface area contributed by atoms with Crippen LogP contribution >= 0.6 is 0 Å². The fourth-order valence-corrected chi connectivity index (χ4v) is 1.77. The summed E-state index contributed by atoms with van der Waals surface area (Å²) in [4.78, 5) is 15.1. The monoisotopic (exact) mass is 310 g/mol. The quantitative estimate of drug-likeness (QED) is 0.579. The molecule has 0 aliphatic rings. The zero-order chi connectivity index (χ0) is 17.2. The lowest BCUT2D eigenvalue weighted by Crippen LogP contribution is -2.02. The number of allylic oxidation sites excluding steroid dienone is 5. The molecule has 0 amide bonds. The van der Waals surface area contributed by atoms with E-state index in [9.17, 15) is 4.79 Å². The predicted molar refractivity (Wildman–Crippen MR) is 96.4 cm³/mol. The largest absolute Gasteiger partial charge is 0.478 e. The van der Waals surface area contributed by atoms with Gasteiger partial charge in [0.1, 0.15) is 5.82 Å². The van der Waals surface area contributed by atoms with Crippen molar-refractivity contribution in [3.05, 3.63) is 78.3 Å². The van der Waals surface area contributed by atoms with Crippen molar-refractivity contribution in [1.82, 2.24) is 5.32 Å². The molecule has 0 aliphatic carbocycles. The van der Waals surface area contributed by atoms with E-state index in [1.54, 1.807) is 30.5 Å². The Morgan fingerprint density at radius 3 is 2.39 bits per heavy atom. The van der Waals surface area contributed by atoms with Crippen molar-refractivity contribution in [3.8, 4) is 0 Å². The number of rotatable bonds is 7. The van der Waals surface area contributed by atoms with Crippen LogP contribution in [-0.4, -0.2) is 16.8 Å². The zero-order valence-corrected chi connectivity index (χ0v) is 13.7. The van der Waals surface area contributed by atoms with Crippen LogP contribution in [0.2, 0.25) is 0 Å². The first kappa shape index (κ1) is 18.2. The van der Waals surface area contributed by atoms with Crippen LogP contribution in [0.1, 0.15) is 36.7 Å². The molecule has 0 radical (unpaired) electrons. The maximum absolute atomic E-state index is 10.8. The lowest BCUT2D eigenvalue weighted by Gasteiger charge is -2.01. The van der Waals surface area contributed by atoms with Crippen LogP contribution in [0, 0.1) is 0 Å². The van der Waals surface area contributed by atoms with Gasteiger partial charge in [0.15, 0.2) is 0 Å². The van der Waals surface area contributed by atoms with E-state index in [4.69, 9.17) is 5.11 Å². The predicted octanol–water partition coefficient (Wildman–Crippen LogP) is 4.40. The van der Waals surface area contributed by atoms with Gasteiger partial charge in [-0.2, -0.15) is 0 Å². The van der Waals surface area contributed by atoms with Crippen LogP contribution in [0.4, 0.5) is 0 Å². The van der Waals surface area contributed by atoms with Crippen molar-refractivity contribution < 1.29 is 9.90 Å². The molecular formula is C19H22N2O2. The standard InChI is InChI=1S/C19H22N2O2/c1-5-13-20-16(4)21-15(3)8-6-7-14(2)17-9-11-18(12-10-17)19(22)23/h5-13,20H,4H2,1-3H3,(H,22,23)/b8-6-,13-5+,14-7+,21-15+. The summed E-state index contributed by atoms with van der Waals surface area (Å²) in [6, 6.07) is 6.80. The number of carboxylic acids is 1. The lowest BCUT2D eigenvalue weighted by atomic mass is 10.0. The Hall–Kier alpha value is -2.88. The number of carboxylic acid groups (broad SMARTS) is 1. The number of nitrogens with zero attached hydrogens (tertiary/aromatic N) is 1. The van der Waals surface area contributed by atoms with E-state index >= 15 is 0 Å². The minimum absolute atomic E-state index is 0.284. The Morgan fingerprint density at radius 1 is 1.22 bits per heavy atom. The second kappa shape index (κ2) is 9.20. The molecule has 0 atom stereocenters. The SMILES string of the molecule is C=C(/N=C(C)/C=C\C=C(/C)c1ccc(C(=O)O)cc1)N/C=C/C. The normalized spacial score (nSPS) is 12.8. The van der Waals surface area contributed by atoms with Crippen molar-refractivity contribution in [2.75, 3.05) is 0 Å². The minimum atomic E-state index is -0.920. The van der Waals surface area contributed by atoms with Gasteiger partial charge in [-0.05, 0) is 56.3 Å². The Kier molecular flexibility index (Phi) is 7.27. The van der Waals surface area contributed by atoms with E-state index in [1.165, 1.54) is 0 Å². The molecule has 2 N–H and O–H groups in total. The summed E-state index contributed by atoms with van der Waals surface area (Å²) in [6.45, 7) is 9.57. The van der Waals surface area contributed by atoms with Gasteiger partial charge in [-0.15, -0.1) is 0 Å². The topological polar surface area (TPSA) is 61.7 Å². The Balaban J connectivity index is 2.73. The number of benzene rings is 1. The molecule has 1 aromatic rings. The fraction of sp³-hybridized carbons (Fsp3) is 0.158. The number of carbonyl (C=O) groups is 1. The van der Waals surface area contributed by atoms with Crippen LogP contribution in [0.5, 0.6) is 0 Å². The molecular weight excluding hydrogens is 288 g/mol. The van der Waals surface area contributed by atoms with Crippen LogP contribution in [0.15, 0.2) is 72.2 Å². The highest BCUT2D eigenvalue weighted by molar-refractivity contribution is 5.94. The first-order valence-corrected chi connectivity index (χ1v) is 7.24. The van der Waals surface area contributed by atoms with Gasteiger partial charge in [-0.3, -0.25) is 0 Å². The van der Waals surface area contributed by atoms with E-state index < -0.39 is 5.97 Å². The molecule has 1 rings (SSSR count). The summed E-state index contributed by atoms with van der Waals surface area (Å²) in [7, 11) is 0. The van der Waals surface area contributed by atoms with Crippen LogP contribution in [-0.2, 0) is 0 Å². The third kappa shape index (κ3) is 6.61. The molecule has 0 saturated carbocycles. The minimum Gasteiger partial charge on any atom is -0.478 e. The van der Waals surface area contributed by atoms with Crippen molar-refractivity contribution in [3.63, 3.8) is 0 Å². The molecule has 0 aromatic heterocycles. The average Bonchev–Trinajstić information content (AvgIpc) is 2.52. The Labute approximate surface area is 137 Å². The molecule has 4 heteroatoms. The van der Waals surface area contributed by atoms with Crippen LogP contribution < -0.4 is 5.32 Å². The summed E-state index contributed by atoms with van der Waals surface area (Å²) in [6.07, 6.45) is 9.39. The number of hydrogen-bond donors (Lipinski definition) is 2. The van der Waals surface area contributed by atoms with E-state index in [0.717, 1.165) is 16.8 Å². The van der Waals surface area contributed by atoms with Crippen molar-refractivity contribution >= 4 is 17.3 Å². The molecule has 0 bridgehead atoms. The van der Waals surface area contributed by atoms with E-state index in [-0.39, 0.29) is 5.56 Å². The molecule has 120 valence electrons. The summed E-state index contributed by atoms with van der Waals surface area (Å²) >= 11 is 0. The van der Waals surface area contributed by atoms with Gasteiger partial charge in [0.2, 0.25) is 0 Å². The third-order valence-corrected chi connectivity index (χ3v) is 3.00. The van der Waals surface area contributed by atoms with Gasteiger partial charge in [0.05, 0.1) is 5.56 Å². The average molecular weight is 310 g/mol. The molecule has 0 spiro atoms. The molecule has 0 saturated heterocycles. The summed E-state index contributed by atoms with van der Waals surface area (Å²) in [5.74, 6) is -0.341. The van der Waals surface area contributed by atoms with Crippen molar-refractivity contribution in [2.45, 2.75) is 20.8 Å². The number of hydrogen-bond acceptors (Lipinski definition) is 3. The highest BCUT2D eigenvalue weighted by Gasteiger charge is 2.01. The second-order valence-corrected chi connectivity index (χ2v) is 4.94. The van der Waals surface area contributed by atoms with E-state index in [1.807, 2.05) is 45.1 Å². The van der Waals surface area contributed by atoms with Gasteiger partial charge < -0.3 is 10.4 Å².